The standard InChI is InChI=1S/C6H4Br2S2/c7-9-5-3-1-2-4-6(5)10-8/h1-4H. The Bertz CT molecular complexity index is 192. The van der Waals surface area contributed by atoms with Crippen LogP contribution in [0.5, 0.6) is 0 Å². The maximum atomic E-state index is 3.33. The highest BCUT2D eigenvalue weighted by molar-refractivity contribution is 9.50. The molecule has 4 heteroatoms. The highest BCUT2D eigenvalue weighted by atomic mass is 79.9. The molecule has 54 valence electrons. The van der Waals surface area contributed by atoms with Crippen molar-refractivity contribution < 1.29 is 0 Å². The molecule has 0 fully saturated rings. The summed E-state index contributed by atoms with van der Waals surface area (Å²) in [6, 6.07) is 8.19. The van der Waals surface area contributed by atoms with Gasteiger partial charge in [0.2, 0.25) is 0 Å². The van der Waals surface area contributed by atoms with Crippen LogP contribution < -0.4 is 0 Å². The molecule has 0 N–H and O–H groups in total. The summed E-state index contributed by atoms with van der Waals surface area (Å²) < 4.78 is 0. The van der Waals surface area contributed by atoms with Gasteiger partial charge >= 0.3 is 0 Å². The number of halogens is 2. The van der Waals surface area contributed by atoms with Crippen molar-refractivity contribution in [2.24, 2.45) is 0 Å². The van der Waals surface area contributed by atoms with Gasteiger partial charge in [0.15, 0.2) is 0 Å². The van der Waals surface area contributed by atoms with E-state index in [1.807, 2.05) is 12.1 Å². The second-order valence-electron chi connectivity index (χ2n) is 1.60. The minimum atomic E-state index is 1.24. The van der Waals surface area contributed by atoms with Crippen LogP contribution >= 0.6 is 50.0 Å². The third-order valence-corrected chi connectivity index (χ3v) is 4.28. The fourth-order valence-corrected chi connectivity index (χ4v) is 3.71. The summed E-state index contributed by atoms with van der Waals surface area (Å²) in [5, 5.41) is 0. The topological polar surface area (TPSA) is 0 Å². The van der Waals surface area contributed by atoms with Crippen LogP contribution in [0, 0.1) is 0 Å². The van der Waals surface area contributed by atoms with Crippen molar-refractivity contribution in [3.05, 3.63) is 24.3 Å². The van der Waals surface area contributed by atoms with Gasteiger partial charge in [0.25, 0.3) is 0 Å². The molecular formula is C6H4Br2S2. The zero-order valence-corrected chi connectivity index (χ0v) is 9.69. The van der Waals surface area contributed by atoms with Gasteiger partial charge in [0.1, 0.15) is 0 Å². The third kappa shape index (κ3) is 2.19. The quantitative estimate of drug-likeness (QED) is 0.789. The van der Waals surface area contributed by atoms with Gasteiger partial charge in [-0.05, 0) is 62.1 Å². The van der Waals surface area contributed by atoms with Crippen LogP contribution in [0.1, 0.15) is 0 Å². The fourth-order valence-electron chi connectivity index (χ4n) is 0.578. The Balaban J connectivity index is 2.96. The first kappa shape index (κ1) is 8.97. The molecule has 1 rings (SSSR count). The Kier molecular flexibility index (Phi) is 4.21. The first-order valence-corrected chi connectivity index (χ1v) is 7.86. The van der Waals surface area contributed by atoms with Crippen molar-refractivity contribution in [3.8, 4) is 0 Å². The van der Waals surface area contributed by atoms with E-state index in [-0.39, 0.29) is 0 Å². The lowest BCUT2D eigenvalue weighted by Crippen LogP contribution is -1.69. The Morgan fingerprint density at radius 2 is 1.30 bits per heavy atom. The lowest BCUT2D eigenvalue weighted by atomic mass is 10.4. The third-order valence-electron chi connectivity index (χ3n) is 1.02. The van der Waals surface area contributed by atoms with Gasteiger partial charge < -0.3 is 0 Å². The van der Waals surface area contributed by atoms with Crippen LogP contribution in [0.15, 0.2) is 34.1 Å². The molecule has 0 radical (unpaired) electrons. The van der Waals surface area contributed by atoms with E-state index in [4.69, 9.17) is 0 Å². The molecule has 0 spiro atoms. The average Bonchev–Trinajstić information content (AvgIpc) is 2.04. The van der Waals surface area contributed by atoms with Crippen molar-refractivity contribution in [3.63, 3.8) is 0 Å². The highest BCUT2D eigenvalue weighted by Crippen LogP contribution is 2.36. The van der Waals surface area contributed by atoms with Crippen molar-refractivity contribution in [2.75, 3.05) is 0 Å². The highest BCUT2D eigenvalue weighted by Gasteiger charge is 1.97. The minimum Gasteiger partial charge on any atom is -0.0610 e. The van der Waals surface area contributed by atoms with Crippen LogP contribution in [0.2, 0.25) is 0 Å². The summed E-state index contributed by atoms with van der Waals surface area (Å²) in [4.78, 5) is 2.48. The van der Waals surface area contributed by atoms with Gasteiger partial charge in [-0.2, -0.15) is 0 Å². The molecule has 0 aromatic heterocycles. The Morgan fingerprint density at radius 3 is 1.60 bits per heavy atom. The van der Waals surface area contributed by atoms with Crippen LogP contribution in [0.3, 0.4) is 0 Å². The van der Waals surface area contributed by atoms with Crippen LogP contribution in [0.25, 0.3) is 0 Å². The van der Waals surface area contributed by atoms with Gasteiger partial charge in [-0.3, -0.25) is 0 Å². The summed E-state index contributed by atoms with van der Waals surface area (Å²) in [5.74, 6) is 0. The molecule has 0 saturated heterocycles. The molecule has 0 heterocycles. The molecule has 0 saturated carbocycles. The molecule has 0 aliphatic rings. The van der Waals surface area contributed by atoms with Gasteiger partial charge in [0.05, 0.1) is 0 Å². The normalized spacial score (nSPS) is 9.80. The van der Waals surface area contributed by atoms with Crippen molar-refractivity contribution >= 4 is 50.0 Å². The Hall–Kier alpha value is 0.880. The number of rotatable bonds is 2. The smallest absolute Gasteiger partial charge is 0.0333 e. The second-order valence-corrected chi connectivity index (χ2v) is 4.73. The van der Waals surface area contributed by atoms with E-state index in [0.29, 0.717) is 0 Å². The average molecular weight is 300 g/mol. The molecule has 0 bridgehead atoms. The van der Waals surface area contributed by atoms with E-state index in [1.54, 1.807) is 20.4 Å². The molecule has 0 atom stereocenters. The van der Waals surface area contributed by atoms with Crippen molar-refractivity contribution in [1.82, 2.24) is 0 Å². The fraction of sp³-hybridized carbons (Fsp3) is 0. The zero-order valence-electron chi connectivity index (χ0n) is 4.88. The summed E-state index contributed by atoms with van der Waals surface area (Å²) >= 11 is 6.66. The van der Waals surface area contributed by atoms with Crippen molar-refractivity contribution in [1.29, 1.82) is 0 Å². The van der Waals surface area contributed by atoms with Gasteiger partial charge in [-0.15, -0.1) is 0 Å². The first-order chi connectivity index (χ1) is 4.88. The van der Waals surface area contributed by atoms with E-state index < -0.39 is 0 Å². The minimum absolute atomic E-state index is 1.24. The SMILES string of the molecule is BrSc1ccccc1SBr. The predicted molar refractivity (Wildman–Crippen MR) is 56.0 cm³/mol. The van der Waals surface area contributed by atoms with Crippen LogP contribution in [-0.2, 0) is 0 Å². The monoisotopic (exact) mass is 298 g/mol. The molecule has 1 aromatic rings. The summed E-state index contributed by atoms with van der Waals surface area (Å²) in [6.45, 7) is 0. The predicted octanol–water partition coefficient (Wildman–Crippen LogP) is 4.49. The van der Waals surface area contributed by atoms with Gasteiger partial charge in [-0.1, -0.05) is 12.1 Å². The van der Waals surface area contributed by atoms with Gasteiger partial charge in [-0.25, -0.2) is 0 Å². The molecule has 0 aliphatic carbocycles. The van der Waals surface area contributed by atoms with E-state index in [2.05, 4.69) is 41.8 Å². The molecule has 0 unspecified atom stereocenters. The molecule has 0 amide bonds. The molecule has 1 aromatic carbocycles. The van der Waals surface area contributed by atoms with E-state index in [1.165, 1.54) is 9.79 Å². The maximum Gasteiger partial charge on any atom is 0.0333 e. The maximum absolute atomic E-state index is 3.33. The largest absolute Gasteiger partial charge is 0.0610 e. The van der Waals surface area contributed by atoms with Gasteiger partial charge in [0, 0.05) is 9.79 Å². The zero-order chi connectivity index (χ0) is 7.40. The van der Waals surface area contributed by atoms with E-state index in [9.17, 15) is 0 Å². The first-order valence-electron chi connectivity index (χ1n) is 2.54. The summed E-state index contributed by atoms with van der Waals surface area (Å²) in [5.41, 5.74) is 0. The second kappa shape index (κ2) is 4.70. The summed E-state index contributed by atoms with van der Waals surface area (Å²) in [7, 11) is 3.16. The van der Waals surface area contributed by atoms with Crippen molar-refractivity contribution in [2.45, 2.75) is 9.79 Å². The molecule has 0 aliphatic heterocycles. The number of hydrogen-bond donors (Lipinski definition) is 0. The molecule has 10 heavy (non-hydrogen) atoms. The lowest BCUT2D eigenvalue weighted by Gasteiger charge is -1.98. The van der Waals surface area contributed by atoms with E-state index in [0.717, 1.165) is 0 Å². The van der Waals surface area contributed by atoms with Crippen LogP contribution in [0.4, 0.5) is 0 Å². The lowest BCUT2D eigenvalue weighted by molar-refractivity contribution is 1.27. The summed E-state index contributed by atoms with van der Waals surface area (Å²) in [6.07, 6.45) is 0. The Labute approximate surface area is 83.6 Å². The van der Waals surface area contributed by atoms with Crippen LogP contribution in [-0.4, -0.2) is 0 Å². The molecule has 0 nitrogen and oxygen atoms in total. The number of hydrogen-bond acceptors (Lipinski definition) is 2. The Morgan fingerprint density at radius 1 is 0.900 bits per heavy atom. The number of benzene rings is 1. The molecular weight excluding hydrogens is 296 g/mol. The van der Waals surface area contributed by atoms with E-state index >= 15 is 0 Å².